The van der Waals surface area contributed by atoms with Gasteiger partial charge in [-0.2, -0.15) is 0 Å². The summed E-state index contributed by atoms with van der Waals surface area (Å²) in [6, 6.07) is 71.8. The average Bonchev–Trinajstić information content (AvgIpc) is 3.32. The number of carboxylic acid groups (broad SMARTS) is 2. The molecule has 70 heavy (non-hydrogen) atoms. The van der Waals surface area contributed by atoms with E-state index in [1.54, 1.807) is 14.2 Å². The number of rotatable bonds is 12. The highest BCUT2D eigenvalue weighted by Crippen LogP contribution is 2.60. The van der Waals surface area contributed by atoms with Crippen molar-refractivity contribution in [3.8, 4) is 11.5 Å². The number of carboxylic acids is 2. The lowest BCUT2D eigenvalue weighted by Crippen LogP contribution is -2.33. The third-order valence-corrected chi connectivity index (χ3v) is 20.4. The van der Waals surface area contributed by atoms with Crippen LogP contribution < -0.4 is 51.5 Å². The van der Waals surface area contributed by atoms with E-state index in [1.165, 1.54) is 76.3 Å². The zero-order valence-electron chi connectivity index (χ0n) is 42.2. The quantitative estimate of drug-likeness (QED) is 0.113. The predicted molar refractivity (Wildman–Crippen MR) is 293 cm³/mol. The molecule has 6 nitrogen and oxygen atoms in total. The van der Waals surface area contributed by atoms with E-state index in [4.69, 9.17) is 29.3 Å². The molecule has 8 aromatic carbocycles. The van der Waals surface area contributed by atoms with Gasteiger partial charge in [-0.05, 0) is 197 Å². The van der Waals surface area contributed by atoms with Gasteiger partial charge in [0.1, 0.15) is 57.9 Å². The van der Waals surface area contributed by atoms with E-state index in [0.29, 0.717) is 0 Å². The molecule has 0 aromatic heterocycles. The minimum absolute atomic E-state index is 0.910. The number of carbonyl (C=O) groups excluding carboxylic acids is 2. The first-order valence-corrected chi connectivity index (χ1v) is 27.2. The van der Waals surface area contributed by atoms with Gasteiger partial charge in [0.05, 0.1) is 26.5 Å². The van der Waals surface area contributed by atoms with Gasteiger partial charge in [0.2, 0.25) is 0 Å². The lowest BCUT2D eigenvalue weighted by atomic mass is 10.2. The fraction of sp³-hybridized carbons (Fsp3) is 0.194. The molecule has 0 radical (unpaired) electrons. The molecule has 0 bridgehead atoms. The molecule has 0 saturated heterocycles. The Bertz CT molecular complexity index is 2560. The molecular weight excluding hydrogens is 903 g/mol. The SMILES string of the molecule is CC(=O)[O-].CC(=O)[O-].COc1cccc(C[P+](c2cccc(C)c2)(c2cccc(C)c2)c2cccc(C)c2)c1.COc1cccc(C[P+](c2cccc(C)c2)(c2cccc(C)c2)c2cccc(C)c2)c1. The Morgan fingerprint density at radius 2 is 0.557 bits per heavy atom. The van der Waals surface area contributed by atoms with Crippen LogP contribution in [0.4, 0.5) is 0 Å². The maximum atomic E-state index is 8.89. The Morgan fingerprint density at radius 1 is 0.357 bits per heavy atom. The van der Waals surface area contributed by atoms with Gasteiger partial charge in [0.25, 0.3) is 0 Å². The lowest BCUT2D eigenvalue weighted by molar-refractivity contribution is -0.303. The van der Waals surface area contributed by atoms with Crippen LogP contribution in [0.3, 0.4) is 0 Å². The molecule has 0 aliphatic heterocycles. The second-order valence-electron chi connectivity index (χ2n) is 17.7. The van der Waals surface area contributed by atoms with Crippen LogP contribution in [0.25, 0.3) is 0 Å². The molecule has 0 aliphatic carbocycles. The summed E-state index contributed by atoms with van der Waals surface area (Å²) in [5, 5.41) is 26.3. The normalized spacial score (nSPS) is 10.8. The summed E-state index contributed by atoms with van der Waals surface area (Å²) in [6.45, 7) is 15.1. The minimum Gasteiger partial charge on any atom is -0.550 e. The monoisotopic (exact) mass is 968 g/mol. The number of ether oxygens (including phenoxy) is 2. The maximum absolute atomic E-state index is 8.89. The average molecular weight is 969 g/mol. The molecule has 8 aromatic rings. The molecule has 0 spiro atoms. The summed E-state index contributed by atoms with van der Waals surface area (Å²) in [7, 11) is -0.405. The van der Waals surface area contributed by atoms with E-state index in [9.17, 15) is 0 Å². The van der Waals surface area contributed by atoms with Crippen LogP contribution in [0.15, 0.2) is 194 Å². The van der Waals surface area contributed by atoms with Crippen LogP contribution in [-0.2, 0) is 21.9 Å². The van der Waals surface area contributed by atoms with Crippen molar-refractivity contribution in [3.63, 3.8) is 0 Å². The first kappa shape index (κ1) is 54.1. The Hall–Kier alpha value is -6.84. The number of benzene rings is 8. The van der Waals surface area contributed by atoms with Gasteiger partial charge < -0.3 is 29.3 Å². The van der Waals surface area contributed by atoms with Crippen LogP contribution >= 0.6 is 14.5 Å². The largest absolute Gasteiger partial charge is 0.550 e. The second kappa shape index (κ2) is 25.7. The van der Waals surface area contributed by atoms with E-state index in [2.05, 4.69) is 224 Å². The molecule has 0 atom stereocenters. The smallest absolute Gasteiger partial charge is 0.119 e. The number of hydrogen-bond donors (Lipinski definition) is 0. The number of hydrogen-bond acceptors (Lipinski definition) is 6. The van der Waals surface area contributed by atoms with Crippen molar-refractivity contribution in [2.45, 2.75) is 67.7 Å². The van der Waals surface area contributed by atoms with Crippen LogP contribution in [0, 0.1) is 41.5 Å². The highest BCUT2D eigenvalue weighted by atomic mass is 31.2. The molecule has 0 amide bonds. The minimum atomic E-state index is -1.94. The van der Waals surface area contributed by atoms with Gasteiger partial charge in [-0.15, -0.1) is 0 Å². The van der Waals surface area contributed by atoms with Crippen LogP contribution in [0.5, 0.6) is 11.5 Å². The van der Waals surface area contributed by atoms with Gasteiger partial charge in [0.15, 0.2) is 0 Å². The fourth-order valence-corrected chi connectivity index (χ4v) is 17.7. The molecule has 0 saturated carbocycles. The van der Waals surface area contributed by atoms with Gasteiger partial charge in [-0.3, -0.25) is 0 Å². The van der Waals surface area contributed by atoms with E-state index in [0.717, 1.165) is 37.7 Å². The van der Waals surface area contributed by atoms with E-state index in [-0.39, 0.29) is 0 Å². The molecule has 360 valence electrons. The van der Waals surface area contributed by atoms with E-state index < -0.39 is 26.5 Å². The zero-order valence-corrected chi connectivity index (χ0v) is 44.0. The summed E-state index contributed by atoms with van der Waals surface area (Å²) in [5.41, 5.74) is 10.4. The van der Waals surface area contributed by atoms with Crippen molar-refractivity contribution in [1.82, 2.24) is 0 Å². The van der Waals surface area contributed by atoms with Crippen LogP contribution in [0.2, 0.25) is 0 Å². The molecule has 8 rings (SSSR count). The van der Waals surface area contributed by atoms with Crippen molar-refractivity contribution < 1.29 is 29.3 Å². The molecule has 8 heteroatoms. The van der Waals surface area contributed by atoms with Gasteiger partial charge >= 0.3 is 0 Å². The number of aliphatic carboxylic acids is 2. The summed E-state index contributed by atoms with van der Waals surface area (Å²) < 4.78 is 11.1. The number of aryl methyl sites for hydroxylation is 6. The fourth-order valence-electron chi connectivity index (χ4n) is 8.72. The van der Waals surface area contributed by atoms with Crippen LogP contribution in [-0.4, -0.2) is 26.2 Å². The summed E-state index contributed by atoms with van der Waals surface area (Å²) in [4.78, 5) is 17.8. The summed E-state index contributed by atoms with van der Waals surface area (Å²) >= 11 is 0. The van der Waals surface area contributed by atoms with E-state index >= 15 is 0 Å². The zero-order chi connectivity index (χ0) is 50.8. The first-order chi connectivity index (χ1) is 33.5. The summed E-state index contributed by atoms with van der Waals surface area (Å²) in [6.07, 6.45) is 1.92. The highest BCUT2D eigenvalue weighted by molar-refractivity contribution is 7.95. The summed E-state index contributed by atoms with van der Waals surface area (Å²) in [5.74, 6) is -0.346. The first-order valence-electron chi connectivity index (χ1n) is 23.3. The Labute approximate surface area is 417 Å². The molecular formula is C62H66O6P2. The van der Waals surface area contributed by atoms with Crippen molar-refractivity contribution in [2.24, 2.45) is 0 Å². The van der Waals surface area contributed by atoms with Crippen molar-refractivity contribution in [2.75, 3.05) is 14.2 Å². The third-order valence-electron chi connectivity index (χ3n) is 11.8. The molecule has 0 fully saturated rings. The Balaban J connectivity index is 0.000000226. The Morgan fingerprint density at radius 3 is 0.743 bits per heavy atom. The predicted octanol–water partition coefficient (Wildman–Crippen LogP) is 9.74. The Kier molecular flexibility index (Phi) is 19.8. The topological polar surface area (TPSA) is 98.7 Å². The standard InChI is InChI=1S/2C29H30OP.2C2H4O2/c2*1-22-9-5-14-27(17-22)31(28-15-6-10-23(2)18-28,29-16-7-11-24(3)19-29)21-25-12-8-13-26(20-25)30-4;2*1-2(3)4/h2*5-20H,21H2,1-4H3;2*1H3,(H,3,4)/q2*+1;;/p-2. The highest BCUT2D eigenvalue weighted by Gasteiger charge is 2.47. The maximum Gasteiger partial charge on any atom is 0.119 e. The molecule has 0 aliphatic rings. The third kappa shape index (κ3) is 14.6. The van der Waals surface area contributed by atoms with Gasteiger partial charge in [-0.25, -0.2) is 0 Å². The van der Waals surface area contributed by atoms with Crippen molar-refractivity contribution in [1.29, 1.82) is 0 Å². The molecule has 0 N–H and O–H groups in total. The molecule has 0 unspecified atom stereocenters. The second-order valence-corrected chi connectivity index (χ2v) is 24.6. The van der Waals surface area contributed by atoms with Crippen molar-refractivity contribution >= 4 is 58.3 Å². The van der Waals surface area contributed by atoms with Crippen molar-refractivity contribution in [3.05, 3.63) is 239 Å². The lowest BCUT2D eigenvalue weighted by Gasteiger charge is -2.28. The molecule has 0 heterocycles. The van der Waals surface area contributed by atoms with E-state index in [1.807, 2.05) is 12.1 Å². The van der Waals surface area contributed by atoms with Gasteiger partial charge in [0, 0.05) is 11.9 Å². The van der Waals surface area contributed by atoms with Gasteiger partial charge in [-0.1, -0.05) is 97.1 Å². The number of methoxy groups -OCH3 is 2. The van der Waals surface area contributed by atoms with Crippen LogP contribution in [0.1, 0.15) is 58.4 Å². The number of carbonyl (C=O) groups is 2.